The number of thioether (sulfide) groups is 1. The fraction of sp³-hybridized carbons (Fsp3) is 0.222. The lowest BCUT2D eigenvalue weighted by atomic mass is 10.1. The molecule has 0 fully saturated rings. The smallest absolute Gasteiger partial charge is 0.320 e. The number of carbonyl (C=O) groups excluding carboxylic acids is 1. The van der Waals surface area contributed by atoms with E-state index in [0.29, 0.717) is 23.8 Å². The Labute approximate surface area is 167 Å². The van der Waals surface area contributed by atoms with E-state index in [4.69, 9.17) is 0 Å². The van der Waals surface area contributed by atoms with Gasteiger partial charge in [-0.2, -0.15) is 13.2 Å². The van der Waals surface area contributed by atoms with Gasteiger partial charge in [0.25, 0.3) is 5.69 Å². The molecule has 1 N–H and O–H groups in total. The molecule has 7 nitrogen and oxygen atoms in total. The van der Waals surface area contributed by atoms with Crippen molar-refractivity contribution in [1.82, 2.24) is 9.55 Å². The highest BCUT2D eigenvalue weighted by Crippen LogP contribution is 2.35. The molecular formula is C18H15F3N4O3S. The van der Waals surface area contributed by atoms with E-state index < -0.39 is 28.3 Å². The molecule has 0 bridgehead atoms. The summed E-state index contributed by atoms with van der Waals surface area (Å²) in [5, 5.41) is 14.0. The molecule has 3 aromatic rings. The summed E-state index contributed by atoms with van der Waals surface area (Å²) in [7, 11) is 0. The van der Waals surface area contributed by atoms with Crippen LogP contribution in [0.3, 0.4) is 0 Å². The lowest BCUT2D eigenvalue weighted by molar-refractivity contribution is -0.384. The molecule has 0 saturated carbocycles. The minimum Gasteiger partial charge on any atom is -0.320 e. The number of halogens is 3. The van der Waals surface area contributed by atoms with Gasteiger partial charge in [0, 0.05) is 12.6 Å². The number of hydrogen-bond donors (Lipinski definition) is 1. The van der Waals surface area contributed by atoms with E-state index >= 15 is 0 Å². The number of nitrogens with one attached hydrogen (secondary N) is 1. The van der Waals surface area contributed by atoms with E-state index in [1.54, 1.807) is 0 Å². The van der Waals surface area contributed by atoms with Crippen molar-refractivity contribution in [2.45, 2.75) is 24.8 Å². The average molecular weight is 424 g/mol. The molecule has 0 radical (unpaired) electrons. The number of alkyl halides is 3. The molecule has 0 saturated heterocycles. The summed E-state index contributed by atoms with van der Waals surface area (Å²) in [6.07, 6.45) is -4.72. The molecule has 11 heteroatoms. The van der Waals surface area contributed by atoms with Crippen molar-refractivity contribution in [1.29, 1.82) is 0 Å². The van der Waals surface area contributed by atoms with Crippen molar-refractivity contribution in [2.75, 3.05) is 11.1 Å². The van der Waals surface area contributed by atoms with Gasteiger partial charge >= 0.3 is 6.18 Å². The van der Waals surface area contributed by atoms with Crippen molar-refractivity contribution in [2.24, 2.45) is 0 Å². The van der Waals surface area contributed by atoms with E-state index in [1.165, 1.54) is 0 Å². The zero-order chi connectivity index (χ0) is 21.2. The number of benzene rings is 2. The molecule has 0 atom stereocenters. The Balaban J connectivity index is 1.75. The number of anilines is 1. The molecule has 152 valence electrons. The van der Waals surface area contributed by atoms with E-state index in [0.717, 1.165) is 28.9 Å². The summed E-state index contributed by atoms with van der Waals surface area (Å²) < 4.78 is 40.2. The molecule has 0 unspecified atom stereocenters. The molecular weight excluding hydrogens is 409 g/mol. The molecule has 0 aliphatic heterocycles. The van der Waals surface area contributed by atoms with Crippen LogP contribution in [0.5, 0.6) is 0 Å². The number of nitrogens with zero attached hydrogens (tertiary/aromatic N) is 3. The monoisotopic (exact) mass is 424 g/mol. The standard InChI is InChI=1S/C18H15F3N4O3S/c1-2-24-14-6-4-3-5-12(14)23-17(24)29-10-16(26)22-13-8-7-11(18(19,20)21)9-15(13)25(27)28/h3-9H,2,10H2,1H3,(H,22,26). The molecule has 0 spiro atoms. The second-order valence-electron chi connectivity index (χ2n) is 5.95. The molecule has 0 aliphatic carbocycles. The number of carbonyl (C=O) groups is 1. The van der Waals surface area contributed by atoms with Crippen LogP contribution in [0.1, 0.15) is 12.5 Å². The lowest BCUT2D eigenvalue weighted by Gasteiger charge is -2.10. The first-order valence-corrected chi connectivity index (χ1v) is 9.42. The Hall–Kier alpha value is -3.08. The van der Waals surface area contributed by atoms with E-state index in [-0.39, 0.29) is 11.4 Å². The highest BCUT2D eigenvalue weighted by Gasteiger charge is 2.33. The maximum atomic E-state index is 12.8. The minimum atomic E-state index is -4.72. The molecule has 2 aromatic carbocycles. The highest BCUT2D eigenvalue weighted by atomic mass is 32.2. The van der Waals surface area contributed by atoms with Gasteiger partial charge in [-0.1, -0.05) is 23.9 Å². The third kappa shape index (κ3) is 4.50. The molecule has 0 aliphatic rings. The number of rotatable bonds is 6. The Bertz CT molecular complexity index is 1080. The van der Waals surface area contributed by atoms with Gasteiger partial charge < -0.3 is 9.88 Å². The zero-order valence-electron chi connectivity index (χ0n) is 15.1. The third-order valence-electron chi connectivity index (χ3n) is 4.06. The Kier molecular flexibility index (Phi) is 5.78. The summed E-state index contributed by atoms with van der Waals surface area (Å²) >= 11 is 1.14. The number of nitro benzene ring substituents is 1. The molecule has 3 rings (SSSR count). The van der Waals surface area contributed by atoms with Gasteiger partial charge in [-0.25, -0.2) is 4.98 Å². The van der Waals surface area contributed by atoms with Crippen LogP contribution in [0.15, 0.2) is 47.6 Å². The normalized spacial score (nSPS) is 11.6. The fourth-order valence-corrected chi connectivity index (χ4v) is 3.63. The van der Waals surface area contributed by atoms with Gasteiger partial charge in [-0.15, -0.1) is 0 Å². The van der Waals surface area contributed by atoms with Crippen LogP contribution in [0.2, 0.25) is 0 Å². The van der Waals surface area contributed by atoms with Crippen LogP contribution in [0.25, 0.3) is 11.0 Å². The number of fused-ring (bicyclic) bond motifs is 1. The van der Waals surface area contributed by atoms with Crippen molar-refractivity contribution in [3.05, 3.63) is 58.1 Å². The van der Waals surface area contributed by atoms with Crippen molar-refractivity contribution < 1.29 is 22.9 Å². The number of aryl methyl sites for hydroxylation is 1. The number of imidazole rings is 1. The van der Waals surface area contributed by atoms with E-state index in [9.17, 15) is 28.1 Å². The van der Waals surface area contributed by atoms with Crippen LogP contribution in [-0.4, -0.2) is 26.1 Å². The van der Waals surface area contributed by atoms with Crippen LogP contribution in [0, 0.1) is 10.1 Å². The van der Waals surface area contributed by atoms with Gasteiger partial charge in [-0.05, 0) is 31.2 Å². The second kappa shape index (κ2) is 8.11. The zero-order valence-corrected chi connectivity index (χ0v) is 15.9. The maximum absolute atomic E-state index is 12.8. The maximum Gasteiger partial charge on any atom is 0.416 e. The first kappa shape index (κ1) is 20.6. The Morgan fingerprint density at radius 2 is 2.00 bits per heavy atom. The first-order chi connectivity index (χ1) is 13.7. The summed E-state index contributed by atoms with van der Waals surface area (Å²) in [5.41, 5.74) is -0.586. The van der Waals surface area contributed by atoms with E-state index in [1.807, 2.05) is 35.8 Å². The van der Waals surface area contributed by atoms with E-state index in [2.05, 4.69) is 10.3 Å². The van der Waals surface area contributed by atoms with Crippen molar-refractivity contribution in [3.8, 4) is 0 Å². The number of nitro groups is 1. The van der Waals surface area contributed by atoms with Crippen LogP contribution >= 0.6 is 11.8 Å². The van der Waals surface area contributed by atoms with Gasteiger partial charge in [-0.3, -0.25) is 14.9 Å². The Morgan fingerprint density at radius 1 is 1.28 bits per heavy atom. The predicted molar refractivity (Wildman–Crippen MR) is 103 cm³/mol. The highest BCUT2D eigenvalue weighted by molar-refractivity contribution is 7.99. The van der Waals surface area contributed by atoms with Gasteiger partial charge in [0.05, 0.1) is 27.3 Å². The van der Waals surface area contributed by atoms with Crippen LogP contribution in [0.4, 0.5) is 24.5 Å². The summed E-state index contributed by atoms with van der Waals surface area (Å²) in [6.45, 7) is 2.57. The number of aromatic nitrogens is 2. The fourth-order valence-electron chi connectivity index (χ4n) is 2.75. The van der Waals surface area contributed by atoms with Crippen LogP contribution < -0.4 is 5.32 Å². The van der Waals surface area contributed by atoms with Gasteiger partial charge in [0.2, 0.25) is 5.91 Å². The summed E-state index contributed by atoms with van der Waals surface area (Å²) in [6, 6.07) is 9.44. The average Bonchev–Trinajstić information content (AvgIpc) is 3.03. The Morgan fingerprint density at radius 3 is 2.66 bits per heavy atom. The quantitative estimate of drug-likeness (QED) is 0.352. The molecule has 1 amide bonds. The largest absolute Gasteiger partial charge is 0.416 e. The van der Waals surface area contributed by atoms with Crippen molar-refractivity contribution >= 4 is 40.1 Å². The predicted octanol–water partition coefficient (Wildman–Crippen LogP) is 4.71. The SMILES string of the molecule is CCn1c(SCC(=O)Nc2ccc(C(F)(F)F)cc2[N+](=O)[O-])nc2ccccc21. The second-order valence-corrected chi connectivity index (χ2v) is 6.89. The summed E-state index contributed by atoms with van der Waals surface area (Å²) in [4.78, 5) is 26.9. The number of para-hydroxylation sites is 2. The lowest BCUT2D eigenvalue weighted by Crippen LogP contribution is -2.16. The number of amides is 1. The topological polar surface area (TPSA) is 90.1 Å². The first-order valence-electron chi connectivity index (χ1n) is 8.44. The number of hydrogen-bond acceptors (Lipinski definition) is 5. The summed E-state index contributed by atoms with van der Waals surface area (Å²) in [5.74, 6) is -0.700. The third-order valence-corrected chi connectivity index (χ3v) is 5.04. The van der Waals surface area contributed by atoms with Gasteiger partial charge in [0.1, 0.15) is 5.69 Å². The molecule has 1 aromatic heterocycles. The molecule has 29 heavy (non-hydrogen) atoms. The van der Waals surface area contributed by atoms with Gasteiger partial charge in [0.15, 0.2) is 5.16 Å². The van der Waals surface area contributed by atoms with Crippen molar-refractivity contribution in [3.63, 3.8) is 0 Å². The molecule has 1 heterocycles. The van der Waals surface area contributed by atoms with Crippen LogP contribution in [-0.2, 0) is 17.5 Å². The minimum absolute atomic E-state index is 0.110.